The van der Waals surface area contributed by atoms with Crippen molar-refractivity contribution in [3.63, 3.8) is 0 Å². The summed E-state index contributed by atoms with van der Waals surface area (Å²) in [5.41, 5.74) is 2.42. The van der Waals surface area contributed by atoms with Crippen LogP contribution in [0.15, 0.2) is 54.1 Å². The summed E-state index contributed by atoms with van der Waals surface area (Å²) >= 11 is 0. The van der Waals surface area contributed by atoms with Crippen molar-refractivity contribution in [3.8, 4) is 11.5 Å². The van der Waals surface area contributed by atoms with Crippen molar-refractivity contribution in [2.75, 3.05) is 20.3 Å². The molecule has 198 valence electrons. The van der Waals surface area contributed by atoms with Gasteiger partial charge in [-0.2, -0.15) is 0 Å². The molecule has 37 heavy (non-hydrogen) atoms. The van der Waals surface area contributed by atoms with Crippen molar-refractivity contribution in [2.24, 2.45) is 0 Å². The van der Waals surface area contributed by atoms with Crippen molar-refractivity contribution in [3.05, 3.63) is 70.8 Å². The minimum atomic E-state index is -1.14. The Hall–Kier alpha value is -3.40. The molecule has 0 spiro atoms. The third-order valence-corrected chi connectivity index (χ3v) is 6.83. The number of amides is 2. The number of ether oxygens (including phenoxy) is 2. The van der Waals surface area contributed by atoms with E-state index >= 15 is 0 Å². The number of rotatable bonds is 10. The molecule has 2 aromatic rings. The maximum atomic E-state index is 13.3. The molecule has 9 heteroatoms. The summed E-state index contributed by atoms with van der Waals surface area (Å²) in [5.74, 6) is -0.438. The second-order valence-corrected chi connectivity index (χ2v) is 9.27. The lowest BCUT2D eigenvalue weighted by Gasteiger charge is -2.40. The molecule has 2 aromatic carbocycles. The smallest absolute Gasteiger partial charge is 0.247 e. The topological polar surface area (TPSA) is 129 Å². The van der Waals surface area contributed by atoms with Crippen molar-refractivity contribution in [1.82, 2.24) is 10.2 Å². The Kier molecular flexibility index (Phi) is 8.48. The largest absolute Gasteiger partial charge is 0.493 e. The number of aliphatic hydroxyl groups excluding tert-OH is 3. The average Bonchev–Trinajstić information content (AvgIpc) is 3.31. The molecule has 1 heterocycles. The zero-order valence-corrected chi connectivity index (χ0v) is 21.1. The summed E-state index contributed by atoms with van der Waals surface area (Å²) in [6.45, 7) is 1.75. The molecule has 0 fully saturated rings. The van der Waals surface area contributed by atoms with E-state index in [0.29, 0.717) is 41.0 Å². The minimum Gasteiger partial charge on any atom is -0.493 e. The molecule has 1 aliphatic carbocycles. The molecule has 0 aromatic heterocycles. The molecule has 0 radical (unpaired) electrons. The standard InChI is InChI=1S/C28H34N2O7/c1-3-7-23(33)30(15-17-8-5-4-6-9-17)21-14-20(28(35)29-10-11-31)24-19-12-18(16-32)13-22(36-2)26(19)37-27(24)25(21)34/h4-6,8-9,12-14,21,24-25,27,31-32,34H,3,7,10-11,15-16H2,1-2H3,(H,29,35)/t21-,24+,25+,27+/m1/s1. The summed E-state index contributed by atoms with van der Waals surface area (Å²) in [7, 11) is 1.48. The fourth-order valence-corrected chi connectivity index (χ4v) is 5.12. The Balaban J connectivity index is 1.81. The fourth-order valence-electron chi connectivity index (χ4n) is 5.12. The first-order valence-electron chi connectivity index (χ1n) is 12.5. The van der Waals surface area contributed by atoms with E-state index in [-0.39, 0.29) is 32.2 Å². The highest BCUT2D eigenvalue weighted by Gasteiger charge is 2.51. The summed E-state index contributed by atoms with van der Waals surface area (Å²) in [6, 6.07) is 12.1. The number of hydrogen-bond acceptors (Lipinski definition) is 7. The van der Waals surface area contributed by atoms with E-state index in [1.54, 1.807) is 23.1 Å². The second-order valence-electron chi connectivity index (χ2n) is 9.27. The van der Waals surface area contributed by atoms with Gasteiger partial charge in [-0.05, 0) is 35.8 Å². The molecule has 0 unspecified atom stereocenters. The summed E-state index contributed by atoms with van der Waals surface area (Å²) < 4.78 is 11.7. The lowest BCUT2D eigenvalue weighted by molar-refractivity contribution is -0.138. The van der Waals surface area contributed by atoms with Crippen LogP contribution in [0.25, 0.3) is 0 Å². The maximum Gasteiger partial charge on any atom is 0.247 e. The van der Waals surface area contributed by atoms with Crippen LogP contribution in [0, 0.1) is 0 Å². The zero-order chi connectivity index (χ0) is 26.5. The van der Waals surface area contributed by atoms with Crippen LogP contribution < -0.4 is 14.8 Å². The molecule has 4 atom stereocenters. The van der Waals surface area contributed by atoms with Gasteiger partial charge in [-0.25, -0.2) is 0 Å². The lowest BCUT2D eigenvalue weighted by atomic mass is 9.77. The number of nitrogens with one attached hydrogen (secondary N) is 1. The number of nitrogens with zero attached hydrogens (tertiary/aromatic N) is 1. The van der Waals surface area contributed by atoms with E-state index in [9.17, 15) is 24.9 Å². The molecule has 9 nitrogen and oxygen atoms in total. The van der Waals surface area contributed by atoms with E-state index in [0.717, 1.165) is 5.56 Å². The van der Waals surface area contributed by atoms with Gasteiger partial charge in [0, 0.05) is 30.6 Å². The van der Waals surface area contributed by atoms with E-state index < -0.39 is 30.1 Å². The highest BCUT2D eigenvalue weighted by atomic mass is 16.5. The third-order valence-electron chi connectivity index (χ3n) is 6.83. The van der Waals surface area contributed by atoms with Gasteiger partial charge in [0.1, 0.15) is 12.2 Å². The predicted octanol–water partition coefficient (Wildman–Crippen LogP) is 1.64. The quantitative estimate of drug-likeness (QED) is 0.383. The summed E-state index contributed by atoms with van der Waals surface area (Å²) in [5, 5.41) is 33.4. The molecule has 0 saturated carbocycles. The maximum absolute atomic E-state index is 13.3. The number of fused-ring (bicyclic) bond motifs is 3. The fraction of sp³-hybridized carbons (Fsp3) is 0.429. The third kappa shape index (κ3) is 5.34. The molecule has 2 aliphatic rings. The minimum absolute atomic E-state index is 0.0526. The molecule has 4 N–H and O–H groups in total. The molecule has 2 amide bonds. The van der Waals surface area contributed by atoms with E-state index in [1.165, 1.54) is 7.11 Å². The first-order valence-corrected chi connectivity index (χ1v) is 12.5. The predicted molar refractivity (Wildman–Crippen MR) is 136 cm³/mol. The SMILES string of the molecule is CCCC(=O)N(Cc1ccccc1)[C@@H]1C=C(C(=O)NCCO)[C@@H]2c3cc(CO)cc(OC)c3O[C@@H]2[C@H]1O. The van der Waals surface area contributed by atoms with Crippen LogP contribution in [0.5, 0.6) is 11.5 Å². The Labute approximate surface area is 216 Å². The molecular formula is C28H34N2O7. The number of carbonyl (C=O) groups excluding carboxylic acids is 2. The number of hydrogen-bond donors (Lipinski definition) is 4. The van der Waals surface area contributed by atoms with Crippen molar-refractivity contribution >= 4 is 11.8 Å². The summed E-state index contributed by atoms with van der Waals surface area (Å²) in [4.78, 5) is 28.2. The Bertz CT molecular complexity index is 1150. The van der Waals surface area contributed by atoms with Gasteiger partial charge in [0.2, 0.25) is 11.8 Å². The van der Waals surface area contributed by atoms with Gasteiger partial charge in [0.05, 0.1) is 32.3 Å². The second kappa shape index (κ2) is 11.8. The molecule has 0 saturated heterocycles. The van der Waals surface area contributed by atoms with Gasteiger partial charge < -0.3 is 35.0 Å². The van der Waals surface area contributed by atoms with Crippen LogP contribution in [0.2, 0.25) is 0 Å². The van der Waals surface area contributed by atoms with Gasteiger partial charge in [-0.1, -0.05) is 37.3 Å². The monoisotopic (exact) mass is 510 g/mol. The van der Waals surface area contributed by atoms with E-state index in [4.69, 9.17) is 9.47 Å². The van der Waals surface area contributed by atoms with Crippen molar-refractivity contribution in [2.45, 2.75) is 57.1 Å². The number of methoxy groups -OCH3 is 1. The Morgan fingerprint density at radius 3 is 2.54 bits per heavy atom. The van der Waals surface area contributed by atoms with Crippen LogP contribution >= 0.6 is 0 Å². The van der Waals surface area contributed by atoms with E-state index in [1.807, 2.05) is 37.3 Å². The molecule has 0 bridgehead atoms. The van der Waals surface area contributed by atoms with Crippen LogP contribution in [0.3, 0.4) is 0 Å². The van der Waals surface area contributed by atoms with Gasteiger partial charge in [-0.15, -0.1) is 0 Å². The zero-order valence-electron chi connectivity index (χ0n) is 21.1. The lowest BCUT2D eigenvalue weighted by Crippen LogP contribution is -2.55. The number of aliphatic hydroxyl groups is 3. The van der Waals surface area contributed by atoms with Gasteiger partial charge >= 0.3 is 0 Å². The van der Waals surface area contributed by atoms with Crippen molar-refractivity contribution in [1.29, 1.82) is 0 Å². The van der Waals surface area contributed by atoms with Crippen LogP contribution in [-0.2, 0) is 22.7 Å². The van der Waals surface area contributed by atoms with Gasteiger partial charge in [0.25, 0.3) is 0 Å². The number of benzene rings is 2. The molecule has 4 rings (SSSR count). The first kappa shape index (κ1) is 26.7. The van der Waals surface area contributed by atoms with Crippen LogP contribution in [0.1, 0.15) is 42.4 Å². The highest BCUT2D eigenvalue weighted by Crippen LogP contribution is 2.51. The van der Waals surface area contributed by atoms with Crippen LogP contribution in [0.4, 0.5) is 0 Å². The molecule has 1 aliphatic heterocycles. The van der Waals surface area contributed by atoms with E-state index in [2.05, 4.69) is 5.32 Å². The average molecular weight is 511 g/mol. The van der Waals surface area contributed by atoms with Gasteiger partial charge in [0.15, 0.2) is 11.5 Å². The number of carbonyl (C=O) groups is 2. The Morgan fingerprint density at radius 1 is 1.14 bits per heavy atom. The summed E-state index contributed by atoms with van der Waals surface area (Å²) in [6.07, 6.45) is 0.564. The van der Waals surface area contributed by atoms with Crippen LogP contribution in [-0.4, -0.2) is 70.5 Å². The Morgan fingerprint density at radius 2 is 1.89 bits per heavy atom. The van der Waals surface area contributed by atoms with Gasteiger partial charge in [-0.3, -0.25) is 9.59 Å². The first-order chi connectivity index (χ1) is 17.9. The van der Waals surface area contributed by atoms with Crippen molar-refractivity contribution < 1.29 is 34.4 Å². The molecular weight excluding hydrogens is 476 g/mol. The normalized spacial score (nSPS) is 21.8. The highest BCUT2D eigenvalue weighted by molar-refractivity contribution is 5.96.